The number of rotatable bonds is 9. The van der Waals surface area contributed by atoms with Gasteiger partial charge in [-0.05, 0) is 60.6 Å². The predicted octanol–water partition coefficient (Wildman–Crippen LogP) is 3.28. The number of aryl methyl sites for hydroxylation is 1. The highest BCUT2D eigenvalue weighted by atomic mass is 16.5. The Bertz CT molecular complexity index is 1160. The fraction of sp³-hybridized carbons (Fsp3) is 0.542. The number of carbonyl (C=O) groups excluding carboxylic acids is 1. The summed E-state index contributed by atoms with van der Waals surface area (Å²) in [5, 5.41) is 13.2. The SMILES string of the molecule is CCOC(=O)Cn1nnnc1[C@H](CC)N(Cc1cc2cccc(C)c2[nH]c1=O)C1CCCC1. The highest BCUT2D eigenvalue weighted by Crippen LogP contribution is 2.33. The van der Waals surface area contributed by atoms with Crippen LogP contribution in [0.1, 0.15) is 68.9 Å². The molecule has 0 saturated heterocycles. The van der Waals surface area contributed by atoms with E-state index in [2.05, 4.69) is 32.3 Å². The number of fused-ring (bicyclic) bond motifs is 1. The number of nitrogens with one attached hydrogen (secondary N) is 1. The second kappa shape index (κ2) is 10.2. The summed E-state index contributed by atoms with van der Waals surface area (Å²) in [6, 6.07) is 8.24. The molecule has 0 aliphatic heterocycles. The van der Waals surface area contributed by atoms with Crippen LogP contribution in [-0.2, 0) is 22.6 Å². The van der Waals surface area contributed by atoms with E-state index in [0.717, 1.165) is 41.3 Å². The molecule has 1 fully saturated rings. The molecule has 4 rings (SSSR count). The largest absolute Gasteiger partial charge is 0.465 e. The van der Waals surface area contributed by atoms with Crippen molar-refractivity contribution in [3.8, 4) is 0 Å². The van der Waals surface area contributed by atoms with E-state index in [1.165, 1.54) is 17.5 Å². The molecule has 1 aliphatic carbocycles. The Morgan fingerprint density at radius 2 is 2.09 bits per heavy atom. The number of pyridine rings is 1. The number of tetrazole rings is 1. The third kappa shape index (κ3) is 4.98. The lowest BCUT2D eigenvalue weighted by molar-refractivity contribution is -0.144. The van der Waals surface area contributed by atoms with Crippen LogP contribution in [0.3, 0.4) is 0 Å². The molecule has 2 aromatic heterocycles. The van der Waals surface area contributed by atoms with Gasteiger partial charge < -0.3 is 9.72 Å². The van der Waals surface area contributed by atoms with Gasteiger partial charge in [-0.1, -0.05) is 38.0 Å². The van der Waals surface area contributed by atoms with E-state index in [-0.39, 0.29) is 24.1 Å². The first-order valence-corrected chi connectivity index (χ1v) is 11.8. The van der Waals surface area contributed by atoms with Gasteiger partial charge in [0.15, 0.2) is 5.82 Å². The fourth-order valence-corrected chi connectivity index (χ4v) is 4.93. The Hall–Kier alpha value is -3.07. The van der Waals surface area contributed by atoms with Gasteiger partial charge in [0, 0.05) is 18.2 Å². The van der Waals surface area contributed by atoms with E-state index in [1.54, 1.807) is 6.92 Å². The number of hydrogen-bond donors (Lipinski definition) is 1. The van der Waals surface area contributed by atoms with E-state index in [4.69, 9.17) is 4.74 Å². The number of esters is 1. The van der Waals surface area contributed by atoms with Gasteiger partial charge in [0.2, 0.25) is 0 Å². The van der Waals surface area contributed by atoms with Gasteiger partial charge >= 0.3 is 5.97 Å². The van der Waals surface area contributed by atoms with E-state index in [9.17, 15) is 9.59 Å². The average Bonchev–Trinajstić information content (AvgIpc) is 3.48. The smallest absolute Gasteiger partial charge is 0.327 e. The Kier molecular flexibility index (Phi) is 7.17. The minimum atomic E-state index is -0.366. The molecule has 1 aromatic carbocycles. The topological polar surface area (TPSA) is 106 Å². The summed E-state index contributed by atoms with van der Waals surface area (Å²) < 4.78 is 6.62. The molecule has 3 aromatic rings. The summed E-state index contributed by atoms with van der Waals surface area (Å²) in [4.78, 5) is 30.5. The van der Waals surface area contributed by atoms with Crippen LogP contribution in [0.4, 0.5) is 0 Å². The van der Waals surface area contributed by atoms with Gasteiger partial charge in [-0.25, -0.2) is 4.68 Å². The molecule has 0 bridgehead atoms. The monoisotopic (exact) mass is 452 g/mol. The molecular formula is C24H32N6O3. The van der Waals surface area contributed by atoms with Crippen molar-refractivity contribution in [2.24, 2.45) is 0 Å². The molecule has 0 unspecified atom stereocenters. The molecular weight excluding hydrogens is 420 g/mol. The maximum absolute atomic E-state index is 13.0. The van der Waals surface area contributed by atoms with Crippen molar-refractivity contribution >= 4 is 16.9 Å². The summed E-state index contributed by atoms with van der Waals surface area (Å²) in [6.45, 7) is 6.64. The van der Waals surface area contributed by atoms with E-state index >= 15 is 0 Å². The molecule has 1 atom stereocenters. The van der Waals surface area contributed by atoms with Crippen molar-refractivity contribution in [3.05, 3.63) is 51.6 Å². The quantitative estimate of drug-likeness (QED) is 0.497. The van der Waals surface area contributed by atoms with Gasteiger partial charge in [-0.2, -0.15) is 0 Å². The van der Waals surface area contributed by atoms with Gasteiger partial charge in [0.05, 0.1) is 18.2 Å². The molecule has 1 aliphatic rings. The second-order valence-electron chi connectivity index (χ2n) is 8.70. The van der Waals surface area contributed by atoms with Crippen molar-refractivity contribution in [1.29, 1.82) is 0 Å². The summed E-state index contributed by atoms with van der Waals surface area (Å²) in [7, 11) is 0. The van der Waals surface area contributed by atoms with Crippen molar-refractivity contribution in [3.63, 3.8) is 0 Å². The third-order valence-electron chi connectivity index (χ3n) is 6.54. The van der Waals surface area contributed by atoms with E-state index in [0.29, 0.717) is 25.0 Å². The number of aromatic nitrogens is 5. The lowest BCUT2D eigenvalue weighted by Crippen LogP contribution is -2.39. The zero-order valence-electron chi connectivity index (χ0n) is 19.6. The lowest BCUT2D eigenvalue weighted by Gasteiger charge is -2.35. The maximum atomic E-state index is 13.0. The number of benzene rings is 1. The Morgan fingerprint density at radius 3 is 2.82 bits per heavy atom. The van der Waals surface area contributed by atoms with Crippen LogP contribution in [0.15, 0.2) is 29.1 Å². The zero-order valence-corrected chi connectivity index (χ0v) is 19.6. The van der Waals surface area contributed by atoms with Crippen molar-refractivity contribution < 1.29 is 9.53 Å². The average molecular weight is 453 g/mol. The van der Waals surface area contributed by atoms with Gasteiger partial charge in [0.25, 0.3) is 5.56 Å². The molecule has 0 radical (unpaired) electrons. The molecule has 1 saturated carbocycles. The lowest BCUT2D eigenvalue weighted by atomic mass is 10.0. The Balaban J connectivity index is 1.69. The van der Waals surface area contributed by atoms with Crippen LogP contribution in [0.5, 0.6) is 0 Å². The van der Waals surface area contributed by atoms with Crippen LogP contribution in [0, 0.1) is 6.92 Å². The van der Waals surface area contributed by atoms with Crippen LogP contribution < -0.4 is 5.56 Å². The molecule has 33 heavy (non-hydrogen) atoms. The van der Waals surface area contributed by atoms with E-state index < -0.39 is 0 Å². The second-order valence-corrected chi connectivity index (χ2v) is 8.70. The predicted molar refractivity (Wildman–Crippen MR) is 125 cm³/mol. The highest BCUT2D eigenvalue weighted by molar-refractivity contribution is 5.81. The number of H-pyrrole nitrogens is 1. The molecule has 0 amide bonds. The third-order valence-corrected chi connectivity index (χ3v) is 6.54. The molecule has 1 N–H and O–H groups in total. The molecule has 9 nitrogen and oxygen atoms in total. The number of ether oxygens (including phenoxy) is 1. The summed E-state index contributed by atoms with van der Waals surface area (Å²) >= 11 is 0. The van der Waals surface area contributed by atoms with Crippen molar-refractivity contribution in [2.45, 2.75) is 78.0 Å². The minimum Gasteiger partial charge on any atom is -0.465 e. The first-order chi connectivity index (χ1) is 16.0. The first kappa shape index (κ1) is 23.1. The fourth-order valence-electron chi connectivity index (χ4n) is 4.93. The van der Waals surface area contributed by atoms with Crippen LogP contribution in [-0.4, -0.2) is 48.7 Å². The molecule has 2 heterocycles. The Morgan fingerprint density at radius 1 is 1.30 bits per heavy atom. The summed E-state index contributed by atoms with van der Waals surface area (Å²) in [5.41, 5.74) is 2.58. The van der Waals surface area contributed by atoms with Crippen LogP contribution in [0.25, 0.3) is 10.9 Å². The molecule has 0 spiro atoms. The van der Waals surface area contributed by atoms with Crippen LogP contribution in [0.2, 0.25) is 0 Å². The maximum Gasteiger partial charge on any atom is 0.327 e. The summed E-state index contributed by atoms with van der Waals surface area (Å²) in [6.07, 6.45) is 5.22. The number of para-hydroxylation sites is 1. The molecule has 9 heteroatoms. The number of nitrogens with zero attached hydrogens (tertiary/aromatic N) is 5. The Labute approximate surface area is 193 Å². The summed E-state index contributed by atoms with van der Waals surface area (Å²) in [5.74, 6) is 0.264. The van der Waals surface area contributed by atoms with Crippen molar-refractivity contribution in [2.75, 3.05) is 6.61 Å². The number of carbonyl (C=O) groups is 1. The normalized spacial score (nSPS) is 15.4. The van der Waals surface area contributed by atoms with Crippen LogP contribution >= 0.6 is 0 Å². The first-order valence-electron chi connectivity index (χ1n) is 11.8. The van der Waals surface area contributed by atoms with Gasteiger partial charge in [-0.3, -0.25) is 14.5 Å². The van der Waals surface area contributed by atoms with Gasteiger partial charge in [0.1, 0.15) is 6.54 Å². The zero-order chi connectivity index (χ0) is 23.4. The molecule has 176 valence electrons. The highest BCUT2D eigenvalue weighted by Gasteiger charge is 2.33. The minimum absolute atomic E-state index is 0.0268. The van der Waals surface area contributed by atoms with Gasteiger partial charge in [-0.15, -0.1) is 5.10 Å². The standard InChI is InChI=1S/C24H32N6O3/c1-4-20(23-26-27-28-30(23)15-21(31)33-5-2)29(19-11-6-7-12-19)14-18-13-17-10-8-9-16(3)22(17)25-24(18)32/h8-10,13,19-20H,4-7,11-12,14-15H2,1-3H3,(H,25,32)/t20-/m0/s1. The van der Waals surface area contributed by atoms with E-state index in [1.807, 2.05) is 31.2 Å². The number of aromatic amines is 1. The van der Waals surface area contributed by atoms with Crippen molar-refractivity contribution in [1.82, 2.24) is 30.1 Å². The number of hydrogen-bond acceptors (Lipinski definition) is 7.